The first-order chi connectivity index (χ1) is 10.5. The Morgan fingerprint density at radius 1 is 1.09 bits per heavy atom. The summed E-state index contributed by atoms with van der Waals surface area (Å²) in [6.07, 6.45) is 1.30. The second-order valence-electron chi connectivity index (χ2n) is 4.86. The van der Waals surface area contributed by atoms with Crippen LogP contribution in [0, 0.1) is 19.7 Å². The van der Waals surface area contributed by atoms with E-state index in [0.717, 1.165) is 11.4 Å². The summed E-state index contributed by atoms with van der Waals surface area (Å²) >= 11 is 0. The Balaban J connectivity index is 2.02. The van der Waals surface area contributed by atoms with Gasteiger partial charge >= 0.3 is 0 Å². The number of nitrogens with one attached hydrogen (secondary N) is 1. The summed E-state index contributed by atoms with van der Waals surface area (Å²) in [5, 5.41) is 13.0. The van der Waals surface area contributed by atoms with E-state index in [0.29, 0.717) is 17.6 Å². The fraction of sp³-hybridized carbons (Fsp3) is 0.133. The lowest BCUT2D eigenvalue weighted by molar-refractivity contribution is 0.440. The minimum atomic E-state index is -0.325. The van der Waals surface area contributed by atoms with E-state index in [4.69, 9.17) is 0 Å². The highest BCUT2D eigenvalue weighted by molar-refractivity contribution is 5.56. The summed E-state index contributed by atoms with van der Waals surface area (Å²) in [6.45, 7) is 3.69. The Labute approximate surface area is 126 Å². The summed E-state index contributed by atoms with van der Waals surface area (Å²) in [5.74, 6) is 0.246. The average molecular weight is 299 g/mol. The maximum Gasteiger partial charge on any atom is 0.239 e. The zero-order valence-corrected chi connectivity index (χ0v) is 12.1. The molecule has 0 aliphatic carbocycles. The van der Waals surface area contributed by atoms with Crippen LogP contribution in [0.1, 0.15) is 11.4 Å². The standard InChI is InChI=1S/C15H14FN5O/c1-9-7-10(2)19-15(18-9)21-13(22)8-17-14(21)20-12-5-3-11(16)4-6-12/h3-8,22H,1-2H3,(H,17,20). The monoisotopic (exact) mass is 299 g/mol. The molecule has 0 fully saturated rings. The van der Waals surface area contributed by atoms with Crippen LogP contribution >= 0.6 is 0 Å². The SMILES string of the molecule is Cc1cc(C)nc(-n2c(O)cnc2Nc2ccc(F)cc2)n1. The second kappa shape index (κ2) is 5.44. The van der Waals surface area contributed by atoms with Crippen LogP contribution in [-0.4, -0.2) is 24.6 Å². The summed E-state index contributed by atoms with van der Waals surface area (Å²) in [6, 6.07) is 7.66. The van der Waals surface area contributed by atoms with Crippen molar-refractivity contribution in [2.75, 3.05) is 5.32 Å². The molecule has 0 bridgehead atoms. The maximum atomic E-state index is 13.0. The molecule has 3 rings (SSSR count). The van der Waals surface area contributed by atoms with Crippen LogP contribution in [0.3, 0.4) is 0 Å². The third-order valence-corrected chi connectivity index (χ3v) is 3.01. The van der Waals surface area contributed by atoms with E-state index < -0.39 is 0 Å². The summed E-state index contributed by atoms with van der Waals surface area (Å²) < 4.78 is 14.3. The van der Waals surface area contributed by atoms with E-state index in [1.807, 2.05) is 19.9 Å². The van der Waals surface area contributed by atoms with Gasteiger partial charge in [-0.2, -0.15) is 0 Å². The predicted molar refractivity (Wildman–Crippen MR) is 80.0 cm³/mol. The minimum absolute atomic E-state index is 0.0883. The summed E-state index contributed by atoms with van der Waals surface area (Å²) in [4.78, 5) is 12.7. The second-order valence-corrected chi connectivity index (χ2v) is 4.86. The zero-order chi connectivity index (χ0) is 15.7. The summed E-state index contributed by atoms with van der Waals surface area (Å²) in [7, 11) is 0. The Kier molecular flexibility index (Phi) is 3.46. The molecule has 2 aromatic heterocycles. The van der Waals surface area contributed by atoms with Gasteiger partial charge in [-0.3, -0.25) is 0 Å². The quantitative estimate of drug-likeness (QED) is 0.777. The third-order valence-electron chi connectivity index (χ3n) is 3.01. The normalized spacial score (nSPS) is 10.7. The van der Waals surface area contributed by atoms with E-state index in [9.17, 15) is 9.50 Å². The van der Waals surface area contributed by atoms with Gasteiger partial charge < -0.3 is 10.4 Å². The van der Waals surface area contributed by atoms with Crippen molar-refractivity contribution >= 4 is 11.6 Å². The highest BCUT2D eigenvalue weighted by Crippen LogP contribution is 2.24. The molecule has 2 heterocycles. The van der Waals surface area contributed by atoms with Crippen LogP contribution in [0.25, 0.3) is 5.95 Å². The van der Waals surface area contributed by atoms with E-state index in [1.54, 1.807) is 12.1 Å². The lowest BCUT2D eigenvalue weighted by atomic mass is 10.3. The van der Waals surface area contributed by atoms with Crippen molar-refractivity contribution in [2.24, 2.45) is 0 Å². The van der Waals surface area contributed by atoms with E-state index in [-0.39, 0.29) is 11.7 Å². The van der Waals surface area contributed by atoms with Gasteiger partial charge in [-0.1, -0.05) is 0 Å². The van der Waals surface area contributed by atoms with Gasteiger partial charge in [0.2, 0.25) is 17.8 Å². The molecule has 0 atom stereocenters. The molecule has 7 heteroatoms. The molecule has 0 unspecified atom stereocenters. The fourth-order valence-corrected chi connectivity index (χ4v) is 2.10. The van der Waals surface area contributed by atoms with E-state index >= 15 is 0 Å². The van der Waals surface area contributed by atoms with Crippen molar-refractivity contribution in [3.8, 4) is 11.8 Å². The van der Waals surface area contributed by atoms with Crippen LogP contribution < -0.4 is 5.32 Å². The number of aromatic nitrogens is 4. The molecule has 0 radical (unpaired) electrons. The molecule has 22 heavy (non-hydrogen) atoms. The smallest absolute Gasteiger partial charge is 0.239 e. The first kappa shape index (κ1) is 14.0. The third kappa shape index (κ3) is 2.73. The van der Waals surface area contributed by atoms with Gasteiger partial charge in [0.1, 0.15) is 5.82 Å². The number of aromatic hydroxyl groups is 1. The maximum absolute atomic E-state index is 13.0. The molecule has 0 spiro atoms. The number of anilines is 2. The molecule has 6 nitrogen and oxygen atoms in total. The number of hydrogen-bond acceptors (Lipinski definition) is 5. The van der Waals surface area contributed by atoms with Crippen molar-refractivity contribution in [2.45, 2.75) is 13.8 Å². The van der Waals surface area contributed by atoms with Crippen LogP contribution in [0.15, 0.2) is 36.5 Å². The first-order valence-corrected chi connectivity index (χ1v) is 6.65. The molecule has 112 valence electrons. The average Bonchev–Trinajstić information content (AvgIpc) is 2.81. The Morgan fingerprint density at radius 3 is 2.36 bits per heavy atom. The molecular weight excluding hydrogens is 285 g/mol. The number of nitrogens with zero attached hydrogens (tertiary/aromatic N) is 4. The molecule has 0 saturated heterocycles. The largest absolute Gasteiger partial charge is 0.493 e. The number of rotatable bonds is 3. The van der Waals surface area contributed by atoms with Crippen molar-refractivity contribution < 1.29 is 9.50 Å². The van der Waals surface area contributed by atoms with Gasteiger partial charge in [-0.15, -0.1) is 0 Å². The Bertz CT molecular complexity index is 793. The van der Waals surface area contributed by atoms with Gasteiger partial charge in [0, 0.05) is 17.1 Å². The van der Waals surface area contributed by atoms with Crippen LogP contribution in [0.2, 0.25) is 0 Å². The van der Waals surface area contributed by atoms with Crippen molar-refractivity contribution in [3.63, 3.8) is 0 Å². The predicted octanol–water partition coefficient (Wildman–Crippen LogP) is 2.87. The van der Waals surface area contributed by atoms with Crippen LogP contribution in [0.4, 0.5) is 16.0 Å². The number of benzene rings is 1. The molecule has 0 aliphatic rings. The lowest BCUT2D eigenvalue weighted by Crippen LogP contribution is -2.07. The molecule has 0 saturated carbocycles. The fourth-order valence-electron chi connectivity index (χ4n) is 2.10. The van der Waals surface area contributed by atoms with Crippen molar-refractivity contribution in [3.05, 3.63) is 53.7 Å². The van der Waals surface area contributed by atoms with Gasteiger partial charge in [-0.05, 0) is 44.2 Å². The molecule has 0 amide bonds. The summed E-state index contributed by atoms with van der Waals surface area (Å²) in [5.41, 5.74) is 2.20. The first-order valence-electron chi connectivity index (χ1n) is 6.65. The Morgan fingerprint density at radius 2 is 1.73 bits per heavy atom. The Hall–Kier alpha value is -2.96. The number of halogens is 1. The molecule has 2 N–H and O–H groups in total. The topological polar surface area (TPSA) is 75.9 Å². The van der Waals surface area contributed by atoms with Gasteiger partial charge in [0.25, 0.3) is 0 Å². The van der Waals surface area contributed by atoms with Gasteiger partial charge in [-0.25, -0.2) is 23.9 Å². The van der Waals surface area contributed by atoms with Gasteiger partial charge in [0.15, 0.2) is 0 Å². The van der Waals surface area contributed by atoms with Crippen molar-refractivity contribution in [1.82, 2.24) is 19.5 Å². The molecule has 1 aromatic carbocycles. The number of hydrogen-bond donors (Lipinski definition) is 2. The van der Waals surface area contributed by atoms with E-state index in [1.165, 1.54) is 22.9 Å². The number of imidazole rings is 1. The van der Waals surface area contributed by atoms with Crippen molar-refractivity contribution in [1.29, 1.82) is 0 Å². The molecule has 0 aliphatic heterocycles. The van der Waals surface area contributed by atoms with Crippen LogP contribution in [-0.2, 0) is 0 Å². The van der Waals surface area contributed by atoms with Crippen LogP contribution in [0.5, 0.6) is 5.88 Å². The minimum Gasteiger partial charge on any atom is -0.493 e. The molecular formula is C15H14FN5O. The zero-order valence-electron chi connectivity index (χ0n) is 12.1. The number of aryl methyl sites for hydroxylation is 2. The highest BCUT2D eigenvalue weighted by Gasteiger charge is 2.14. The molecule has 3 aromatic rings. The van der Waals surface area contributed by atoms with Gasteiger partial charge in [0.05, 0.1) is 6.20 Å². The highest BCUT2D eigenvalue weighted by atomic mass is 19.1. The lowest BCUT2D eigenvalue weighted by Gasteiger charge is -2.10. The van der Waals surface area contributed by atoms with E-state index in [2.05, 4.69) is 20.3 Å².